The second kappa shape index (κ2) is 6.58. The molecule has 96 valence electrons. The van der Waals surface area contributed by atoms with E-state index in [4.69, 9.17) is 10.5 Å². The van der Waals surface area contributed by atoms with E-state index in [1.165, 1.54) is 4.88 Å². The summed E-state index contributed by atoms with van der Waals surface area (Å²) in [5, 5.41) is 0. The van der Waals surface area contributed by atoms with E-state index in [1.807, 2.05) is 24.6 Å². The van der Waals surface area contributed by atoms with Crippen molar-refractivity contribution in [3.63, 3.8) is 0 Å². The minimum absolute atomic E-state index is 0.466. The summed E-state index contributed by atoms with van der Waals surface area (Å²) in [6.07, 6.45) is 2.69. The first-order valence-electron chi connectivity index (χ1n) is 5.90. The summed E-state index contributed by atoms with van der Waals surface area (Å²) in [5.74, 6) is 0. The maximum Gasteiger partial charge on any atom is 0.0797 e. The molecular formula is C13H17N3OS. The van der Waals surface area contributed by atoms with Crippen LogP contribution in [0.2, 0.25) is 0 Å². The zero-order valence-electron chi connectivity index (χ0n) is 10.4. The van der Waals surface area contributed by atoms with Gasteiger partial charge in [0.2, 0.25) is 0 Å². The van der Waals surface area contributed by atoms with Crippen LogP contribution < -0.4 is 5.73 Å². The normalized spacial score (nSPS) is 10.8. The van der Waals surface area contributed by atoms with Gasteiger partial charge in [0.1, 0.15) is 0 Å². The predicted octanol–water partition coefficient (Wildman–Crippen LogP) is 2.06. The van der Waals surface area contributed by atoms with Gasteiger partial charge in [-0.15, -0.1) is 11.3 Å². The van der Waals surface area contributed by atoms with Crippen molar-refractivity contribution in [3.05, 3.63) is 45.7 Å². The molecule has 0 aliphatic rings. The van der Waals surface area contributed by atoms with Crippen LogP contribution in [0.1, 0.15) is 21.8 Å². The van der Waals surface area contributed by atoms with Crippen molar-refractivity contribution < 1.29 is 4.74 Å². The fourth-order valence-electron chi connectivity index (χ4n) is 1.65. The molecule has 2 aromatic heterocycles. The summed E-state index contributed by atoms with van der Waals surface area (Å²) in [5.41, 5.74) is 10.5. The van der Waals surface area contributed by atoms with Gasteiger partial charge in [0.05, 0.1) is 30.1 Å². The van der Waals surface area contributed by atoms with E-state index in [9.17, 15) is 0 Å². The molecule has 0 atom stereocenters. The van der Waals surface area contributed by atoms with Gasteiger partial charge in [-0.05, 0) is 24.6 Å². The van der Waals surface area contributed by atoms with Gasteiger partial charge in [0.15, 0.2) is 0 Å². The van der Waals surface area contributed by atoms with Crippen LogP contribution in [0.15, 0.2) is 23.8 Å². The lowest BCUT2D eigenvalue weighted by Crippen LogP contribution is -2.02. The average molecular weight is 263 g/mol. The van der Waals surface area contributed by atoms with Gasteiger partial charge in [0.25, 0.3) is 0 Å². The van der Waals surface area contributed by atoms with Crippen LogP contribution in [0, 0.1) is 6.92 Å². The molecular weight excluding hydrogens is 246 g/mol. The quantitative estimate of drug-likeness (QED) is 0.810. The van der Waals surface area contributed by atoms with Crippen LogP contribution in [0.5, 0.6) is 0 Å². The Bertz CT molecular complexity index is 498. The molecule has 4 nitrogen and oxygen atoms in total. The Morgan fingerprint density at radius 2 is 2.28 bits per heavy atom. The lowest BCUT2D eigenvalue weighted by atomic mass is 10.2. The Hall–Kier alpha value is -1.30. The van der Waals surface area contributed by atoms with Gasteiger partial charge in [-0.2, -0.15) is 0 Å². The van der Waals surface area contributed by atoms with Gasteiger partial charge >= 0.3 is 0 Å². The van der Waals surface area contributed by atoms with Gasteiger partial charge in [0, 0.05) is 24.0 Å². The first-order chi connectivity index (χ1) is 8.79. The third-order valence-electron chi connectivity index (χ3n) is 2.68. The van der Waals surface area contributed by atoms with Crippen LogP contribution >= 0.6 is 11.3 Å². The van der Waals surface area contributed by atoms with Crippen LogP contribution in [0.4, 0.5) is 0 Å². The average Bonchev–Trinajstić information content (AvgIpc) is 2.81. The molecule has 0 aliphatic carbocycles. The van der Waals surface area contributed by atoms with Crippen LogP contribution in [-0.4, -0.2) is 16.6 Å². The predicted molar refractivity (Wildman–Crippen MR) is 72.3 cm³/mol. The van der Waals surface area contributed by atoms with E-state index in [2.05, 4.69) is 9.97 Å². The molecule has 5 heteroatoms. The molecule has 0 aliphatic heterocycles. The fraction of sp³-hybridized carbons (Fsp3) is 0.385. The summed E-state index contributed by atoms with van der Waals surface area (Å²) in [7, 11) is 0. The first kappa shape index (κ1) is 13.1. The first-order valence-corrected chi connectivity index (χ1v) is 6.78. The molecule has 0 spiro atoms. The largest absolute Gasteiger partial charge is 0.376 e. The maximum absolute atomic E-state index is 5.66. The number of rotatable bonds is 6. The molecule has 0 saturated carbocycles. The topological polar surface area (TPSA) is 61.0 Å². The van der Waals surface area contributed by atoms with Gasteiger partial charge in [-0.1, -0.05) is 0 Å². The maximum atomic E-state index is 5.66. The fourth-order valence-corrected chi connectivity index (χ4v) is 2.41. The lowest BCUT2D eigenvalue weighted by molar-refractivity contribution is 0.124. The van der Waals surface area contributed by atoms with E-state index < -0.39 is 0 Å². The smallest absolute Gasteiger partial charge is 0.0797 e. The van der Waals surface area contributed by atoms with E-state index in [0.717, 1.165) is 23.4 Å². The van der Waals surface area contributed by atoms with E-state index in [1.54, 1.807) is 17.5 Å². The molecule has 0 amide bonds. The highest BCUT2D eigenvalue weighted by Gasteiger charge is 2.01. The van der Waals surface area contributed by atoms with Crippen molar-refractivity contribution in [1.82, 2.24) is 9.97 Å². The molecule has 0 radical (unpaired) electrons. The molecule has 0 bridgehead atoms. The van der Waals surface area contributed by atoms with Crippen molar-refractivity contribution >= 4 is 11.3 Å². The zero-order valence-corrected chi connectivity index (χ0v) is 11.2. The molecule has 0 fully saturated rings. The standard InChI is InChI=1S/C13H17N3OS/c1-10-13(18-9-16-10)3-5-17-8-11-2-4-15-12(6-11)7-14/h2,4,6,9H,3,5,7-8,14H2,1H3. The second-order valence-corrected chi connectivity index (χ2v) is 4.96. The summed E-state index contributed by atoms with van der Waals surface area (Å²) < 4.78 is 5.66. The van der Waals surface area contributed by atoms with Gasteiger partial charge in [-0.3, -0.25) is 4.98 Å². The highest BCUT2D eigenvalue weighted by molar-refractivity contribution is 7.09. The Morgan fingerprint density at radius 3 is 3.00 bits per heavy atom. The summed E-state index contributed by atoms with van der Waals surface area (Å²) in [6.45, 7) is 3.81. The van der Waals surface area contributed by atoms with Crippen LogP contribution in [-0.2, 0) is 24.3 Å². The van der Waals surface area contributed by atoms with E-state index in [0.29, 0.717) is 19.8 Å². The summed E-state index contributed by atoms with van der Waals surface area (Å²) in [4.78, 5) is 9.67. The third-order valence-corrected chi connectivity index (χ3v) is 3.67. The molecule has 2 N–H and O–H groups in total. The Labute approximate surface area is 111 Å². The number of ether oxygens (including phenoxy) is 1. The van der Waals surface area contributed by atoms with Crippen molar-refractivity contribution in [2.24, 2.45) is 5.73 Å². The Balaban J connectivity index is 1.76. The Kier molecular flexibility index (Phi) is 4.81. The summed E-state index contributed by atoms with van der Waals surface area (Å²) in [6, 6.07) is 3.94. The molecule has 18 heavy (non-hydrogen) atoms. The second-order valence-electron chi connectivity index (χ2n) is 4.02. The lowest BCUT2D eigenvalue weighted by Gasteiger charge is -2.05. The van der Waals surface area contributed by atoms with E-state index in [-0.39, 0.29) is 0 Å². The molecule has 0 unspecified atom stereocenters. The number of nitrogens with zero attached hydrogens (tertiary/aromatic N) is 2. The Morgan fingerprint density at radius 1 is 1.39 bits per heavy atom. The summed E-state index contributed by atoms with van der Waals surface area (Å²) >= 11 is 1.68. The van der Waals surface area contributed by atoms with E-state index >= 15 is 0 Å². The van der Waals surface area contributed by atoms with Crippen molar-refractivity contribution in [2.45, 2.75) is 26.5 Å². The zero-order chi connectivity index (χ0) is 12.8. The third kappa shape index (κ3) is 3.60. The number of hydrogen-bond donors (Lipinski definition) is 1. The molecule has 2 rings (SSSR count). The molecule has 2 aromatic rings. The highest BCUT2D eigenvalue weighted by Crippen LogP contribution is 2.13. The van der Waals surface area contributed by atoms with Gasteiger partial charge in [-0.25, -0.2) is 4.98 Å². The van der Waals surface area contributed by atoms with Crippen LogP contribution in [0.25, 0.3) is 0 Å². The molecule has 0 saturated heterocycles. The minimum Gasteiger partial charge on any atom is -0.376 e. The monoisotopic (exact) mass is 263 g/mol. The highest BCUT2D eigenvalue weighted by atomic mass is 32.1. The molecule has 0 aromatic carbocycles. The number of pyridine rings is 1. The molecule has 2 heterocycles. The minimum atomic E-state index is 0.466. The van der Waals surface area contributed by atoms with Gasteiger partial charge < -0.3 is 10.5 Å². The van der Waals surface area contributed by atoms with Crippen LogP contribution in [0.3, 0.4) is 0 Å². The number of nitrogens with two attached hydrogens (primary N) is 1. The number of thiazole rings is 1. The number of aryl methyl sites for hydroxylation is 1. The SMILES string of the molecule is Cc1ncsc1CCOCc1ccnc(CN)c1. The van der Waals surface area contributed by atoms with Crippen molar-refractivity contribution in [2.75, 3.05) is 6.61 Å². The number of aromatic nitrogens is 2. The van der Waals surface area contributed by atoms with Crippen molar-refractivity contribution in [1.29, 1.82) is 0 Å². The van der Waals surface area contributed by atoms with Crippen molar-refractivity contribution in [3.8, 4) is 0 Å². The number of hydrogen-bond acceptors (Lipinski definition) is 5.